The smallest absolute Gasteiger partial charge is 0.325 e. The molecule has 5 N–H and O–H groups in total. The SMILES string of the molecule is Nc1cc(F)ccc1[C@H](N)C(=O)O. The lowest BCUT2D eigenvalue weighted by atomic mass is 10.1. The Kier molecular flexibility index (Phi) is 2.48. The molecule has 1 aromatic carbocycles. The summed E-state index contributed by atoms with van der Waals surface area (Å²) in [5.41, 5.74) is 10.9. The van der Waals surface area contributed by atoms with Gasteiger partial charge in [-0.1, -0.05) is 6.07 Å². The number of anilines is 1. The van der Waals surface area contributed by atoms with E-state index < -0.39 is 17.8 Å². The van der Waals surface area contributed by atoms with E-state index in [9.17, 15) is 9.18 Å². The summed E-state index contributed by atoms with van der Waals surface area (Å²) < 4.78 is 12.5. The number of carboxylic acid groups (broad SMARTS) is 1. The van der Waals surface area contributed by atoms with Crippen LogP contribution in [0.2, 0.25) is 0 Å². The lowest BCUT2D eigenvalue weighted by Crippen LogP contribution is -2.21. The van der Waals surface area contributed by atoms with Crippen molar-refractivity contribution in [2.45, 2.75) is 6.04 Å². The molecule has 0 aliphatic rings. The molecule has 0 aliphatic heterocycles. The Hall–Kier alpha value is -1.62. The van der Waals surface area contributed by atoms with Gasteiger partial charge in [0.15, 0.2) is 0 Å². The molecule has 0 amide bonds. The van der Waals surface area contributed by atoms with Gasteiger partial charge in [-0.15, -0.1) is 0 Å². The predicted octanol–water partition coefficient (Wildman–Crippen LogP) is 0.492. The minimum atomic E-state index is -1.21. The minimum Gasteiger partial charge on any atom is -0.480 e. The summed E-state index contributed by atoms with van der Waals surface area (Å²) in [7, 11) is 0. The molecule has 1 atom stereocenters. The van der Waals surface area contributed by atoms with E-state index in [1.807, 2.05) is 0 Å². The van der Waals surface area contributed by atoms with Crippen molar-refractivity contribution in [3.63, 3.8) is 0 Å². The molecule has 70 valence electrons. The molecule has 0 fully saturated rings. The third-order valence-corrected chi connectivity index (χ3v) is 1.65. The number of hydrogen-bond acceptors (Lipinski definition) is 3. The fraction of sp³-hybridized carbons (Fsp3) is 0.125. The fourth-order valence-corrected chi connectivity index (χ4v) is 0.962. The molecule has 0 heterocycles. The van der Waals surface area contributed by atoms with Crippen molar-refractivity contribution in [3.05, 3.63) is 29.6 Å². The Labute approximate surface area is 74.0 Å². The van der Waals surface area contributed by atoms with Gasteiger partial charge in [0.1, 0.15) is 11.9 Å². The molecule has 0 unspecified atom stereocenters. The zero-order chi connectivity index (χ0) is 10.0. The first-order valence-corrected chi connectivity index (χ1v) is 3.55. The van der Waals surface area contributed by atoms with Crippen LogP contribution in [0.25, 0.3) is 0 Å². The largest absolute Gasteiger partial charge is 0.480 e. The maximum atomic E-state index is 12.5. The summed E-state index contributed by atoms with van der Waals surface area (Å²) in [6, 6.07) is 2.22. The van der Waals surface area contributed by atoms with Crippen LogP contribution >= 0.6 is 0 Å². The maximum absolute atomic E-state index is 12.5. The Morgan fingerprint density at radius 1 is 1.54 bits per heavy atom. The van der Waals surface area contributed by atoms with Gasteiger partial charge >= 0.3 is 5.97 Å². The highest BCUT2D eigenvalue weighted by atomic mass is 19.1. The number of nitrogens with two attached hydrogens (primary N) is 2. The Bertz CT molecular complexity index is 341. The number of hydrogen-bond donors (Lipinski definition) is 3. The molecule has 0 spiro atoms. The van der Waals surface area contributed by atoms with Crippen LogP contribution in [0, 0.1) is 5.82 Å². The average molecular weight is 184 g/mol. The lowest BCUT2D eigenvalue weighted by molar-refractivity contribution is -0.138. The van der Waals surface area contributed by atoms with Crippen LogP contribution in [-0.4, -0.2) is 11.1 Å². The van der Waals surface area contributed by atoms with Crippen LogP contribution < -0.4 is 11.5 Å². The van der Waals surface area contributed by atoms with Crippen molar-refractivity contribution in [1.82, 2.24) is 0 Å². The van der Waals surface area contributed by atoms with E-state index >= 15 is 0 Å². The molecule has 0 aliphatic carbocycles. The average Bonchev–Trinajstić information content (AvgIpc) is 2.03. The zero-order valence-electron chi connectivity index (χ0n) is 6.70. The first-order valence-electron chi connectivity index (χ1n) is 3.55. The predicted molar refractivity (Wildman–Crippen MR) is 45.4 cm³/mol. The van der Waals surface area contributed by atoms with E-state index in [0.717, 1.165) is 12.1 Å². The van der Waals surface area contributed by atoms with E-state index in [-0.39, 0.29) is 11.3 Å². The van der Waals surface area contributed by atoms with Gasteiger partial charge in [-0.3, -0.25) is 4.79 Å². The standard InChI is InChI=1S/C8H9FN2O2/c9-4-1-2-5(6(10)3-4)7(11)8(12)13/h1-3,7H,10-11H2,(H,12,13)/t7-/m0/s1. The van der Waals surface area contributed by atoms with Gasteiger partial charge in [-0.2, -0.15) is 0 Å². The van der Waals surface area contributed by atoms with Gasteiger partial charge in [0.25, 0.3) is 0 Å². The summed E-state index contributed by atoms with van der Waals surface area (Å²) >= 11 is 0. The maximum Gasteiger partial charge on any atom is 0.325 e. The number of nitrogen functional groups attached to an aromatic ring is 1. The molecular weight excluding hydrogens is 175 g/mol. The molecule has 0 saturated carbocycles. The third-order valence-electron chi connectivity index (χ3n) is 1.65. The Morgan fingerprint density at radius 3 is 2.62 bits per heavy atom. The van der Waals surface area contributed by atoms with Crippen molar-refractivity contribution >= 4 is 11.7 Å². The second kappa shape index (κ2) is 3.40. The van der Waals surface area contributed by atoms with E-state index in [1.54, 1.807) is 0 Å². The second-order valence-corrected chi connectivity index (χ2v) is 2.59. The van der Waals surface area contributed by atoms with Gasteiger partial charge in [-0.05, 0) is 12.1 Å². The van der Waals surface area contributed by atoms with Crippen LogP contribution in [0.1, 0.15) is 11.6 Å². The zero-order valence-corrected chi connectivity index (χ0v) is 6.70. The molecule has 0 radical (unpaired) electrons. The molecular formula is C8H9FN2O2. The second-order valence-electron chi connectivity index (χ2n) is 2.59. The fourth-order valence-electron chi connectivity index (χ4n) is 0.962. The van der Waals surface area contributed by atoms with Crippen molar-refractivity contribution in [1.29, 1.82) is 0 Å². The Balaban J connectivity index is 3.08. The van der Waals surface area contributed by atoms with Crippen LogP contribution in [0.4, 0.5) is 10.1 Å². The first-order chi connectivity index (χ1) is 6.02. The quantitative estimate of drug-likeness (QED) is 0.583. The van der Waals surface area contributed by atoms with Gasteiger partial charge in [0, 0.05) is 11.3 Å². The van der Waals surface area contributed by atoms with Gasteiger partial charge in [0.05, 0.1) is 0 Å². The molecule has 1 rings (SSSR count). The number of aliphatic carboxylic acids is 1. The monoisotopic (exact) mass is 184 g/mol. The first kappa shape index (κ1) is 9.47. The molecule has 0 saturated heterocycles. The molecule has 5 heteroatoms. The van der Waals surface area contributed by atoms with Gasteiger partial charge in [-0.25, -0.2) is 4.39 Å². The molecule has 13 heavy (non-hydrogen) atoms. The van der Waals surface area contributed by atoms with Crippen molar-refractivity contribution < 1.29 is 14.3 Å². The van der Waals surface area contributed by atoms with E-state index in [1.165, 1.54) is 6.07 Å². The van der Waals surface area contributed by atoms with Crippen LogP contribution in [0.3, 0.4) is 0 Å². The number of benzene rings is 1. The number of halogens is 1. The summed E-state index contributed by atoms with van der Waals surface area (Å²) in [5, 5.41) is 8.55. The van der Waals surface area contributed by atoms with Gasteiger partial charge < -0.3 is 16.6 Å². The number of rotatable bonds is 2. The molecule has 4 nitrogen and oxygen atoms in total. The van der Waals surface area contributed by atoms with Gasteiger partial charge in [0.2, 0.25) is 0 Å². The lowest BCUT2D eigenvalue weighted by Gasteiger charge is -2.09. The highest BCUT2D eigenvalue weighted by molar-refractivity contribution is 5.77. The highest BCUT2D eigenvalue weighted by Gasteiger charge is 2.16. The van der Waals surface area contributed by atoms with Crippen molar-refractivity contribution in [3.8, 4) is 0 Å². The van der Waals surface area contributed by atoms with Crippen LogP contribution in [-0.2, 0) is 4.79 Å². The normalized spacial score (nSPS) is 12.5. The van der Waals surface area contributed by atoms with E-state index in [4.69, 9.17) is 16.6 Å². The van der Waals surface area contributed by atoms with Crippen LogP contribution in [0.15, 0.2) is 18.2 Å². The van der Waals surface area contributed by atoms with E-state index in [2.05, 4.69) is 0 Å². The Morgan fingerprint density at radius 2 is 2.15 bits per heavy atom. The van der Waals surface area contributed by atoms with Crippen molar-refractivity contribution in [2.75, 3.05) is 5.73 Å². The molecule has 1 aromatic rings. The molecule has 0 aromatic heterocycles. The number of carbonyl (C=O) groups is 1. The topological polar surface area (TPSA) is 89.3 Å². The van der Waals surface area contributed by atoms with Crippen LogP contribution in [0.5, 0.6) is 0 Å². The number of carboxylic acids is 1. The summed E-state index contributed by atoms with van der Waals surface area (Å²) in [6.07, 6.45) is 0. The summed E-state index contributed by atoms with van der Waals surface area (Å²) in [4.78, 5) is 10.5. The summed E-state index contributed by atoms with van der Waals surface area (Å²) in [5.74, 6) is -1.71. The summed E-state index contributed by atoms with van der Waals surface area (Å²) in [6.45, 7) is 0. The minimum absolute atomic E-state index is 0.0508. The molecule has 0 bridgehead atoms. The highest BCUT2D eigenvalue weighted by Crippen LogP contribution is 2.19. The van der Waals surface area contributed by atoms with E-state index in [0.29, 0.717) is 0 Å². The third kappa shape index (κ3) is 1.94. The van der Waals surface area contributed by atoms with Crippen molar-refractivity contribution in [2.24, 2.45) is 5.73 Å².